The van der Waals surface area contributed by atoms with Crippen LogP contribution in [-0.4, -0.2) is 22.0 Å². The lowest BCUT2D eigenvalue weighted by Crippen LogP contribution is -2.18. The molecule has 0 radical (unpaired) electrons. The minimum Gasteiger partial charge on any atom is -0.481 e. The van der Waals surface area contributed by atoms with Crippen LogP contribution in [0.3, 0.4) is 0 Å². The smallest absolute Gasteiger partial charge is 0.307 e. The third-order valence-electron chi connectivity index (χ3n) is 3.29. The molecule has 2 atom stereocenters. The van der Waals surface area contributed by atoms with Crippen LogP contribution in [0.1, 0.15) is 13.8 Å². The molecule has 1 aliphatic carbocycles. The number of hydrogen-bond donors (Lipinski definition) is 2. The second-order valence-electron chi connectivity index (χ2n) is 4.82. The van der Waals surface area contributed by atoms with Crippen LogP contribution >= 0.6 is 0 Å². The van der Waals surface area contributed by atoms with Crippen LogP contribution in [0.15, 0.2) is 24.4 Å². The number of pyridine rings is 1. The maximum absolute atomic E-state index is 11.9. The predicted molar refractivity (Wildman–Crippen MR) is 61.3 cm³/mol. The summed E-state index contributed by atoms with van der Waals surface area (Å²) in [7, 11) is 0. The molecule has 5 nitrogen and oxygen atoms in total. The van der Waals surface area contributed by atoms with Crippen LogP contribution in [0.2, 0.25) is 0 Å². The van der Waals surface area contributed by atoms with Gasteiger partial charge in [-0.3, -0.25) is 9.59 Å². The van der Waals surface area contributed by atoms with Gasteiger partial charge in [0.1, 0.15) is 5.82 Å². The number of aliphatic carboxylic acids is 1. The van der Waals surface area contributed by atoms with Gasteiger partial charge in [-0.25, -0.2) is 4.98 Å². The molecule has 2 N–H and O–H groups in total. The van der Waals surface area contributed by atoms with Crippen molar-refractivity contribution in [3.63, 3.8) is 0 Å². The number of hydrogen-bond acceptors (Lipinski definition) is 3. The number of anilines is 1. The van der Waals surface area contributed by atoms with Gasteiger partial charge >= 0.3 is 5.97 Å². The van der Waals surface area contributed by atoms with Gasteiger partial charge in [0, 0.05) is 6.20 Å². The van der Waals surface area contributed by atoms with E-state index in [4.69, 9.17) is 5.11 Å². The summed E-state index contributed by atoms with van der Waals surface area (Å²) < 4.78 is 0. The summed E-state index contributed by atoms with van der Waals surface area (Å²) >= 11 is 0. The third kappa shape index (κ3) is 2.00. The molecule has 0 bridgehead atoms. The molecule has 1 aliphatic rings. The molecule has 1 aromatic heterocycles. The van der Waals surface area contributed by atoms with E-state index >= 15 is 0 Å². The van der Waals surface area contributed by atoms with Crippen LogP contribution in [0.4, 0.5) is 5.82 Å². The first-order chi connectivity index (χ1) is 7.94. The first-order valence-corrected chi connectivity index (χ1v) is 5.39. The second-order valence-corrected chi connectivity index (χ2v) is 4.82. The Hall–Kier alpha value is -1.91. The SMILES string of the molecule is CC1(C)[C@H](C(=O)O)[C@@H]1C(=O)Nc1ccccn1. The van der Waals surface area contributed by atoms with Gasteiger partial charge in [0.05, 0.1) is 11.8 Å². The average Bonchev–Trinajstić information content (AvgIpc) is 2.83. The molecule has 0 aliphatic heterocycles. The Morgan fingerprint density at radius 1 is 1.35 bits per heavy atom. The molecule has 0 saturated heterocycles. The third-order valence-corrected chi connectivity index (χ3v) is 3.29. The standard InChI is InChI=1S/C12H14N2O3/c1-12(2)8(9(12)11(16)17)10(15)14-7-5-3-4-6-13-7/h3-6,8-9H,1-2H3,(H,16,17)(H,13,14,15)/t8-,9+/m1/s1. The van der Waals surface area contributed by atoms with Crippen molar-refractivity contribution in [3.8, 4) is 0 Å². The van der Waals surface area contributed by atoms with Crippen molar-refractivity contribution >= 4 is 17.7 Å². The summed E-state index contributed by atoms with van der Waals surface area (Å²) in [6.07, 6.45) is 1.57. The fourth-order valence-electron chi connectivity index (χ4n) is 2.23. The number of carboxylic acids is 1. The Kier molecular flexibility index (Phi) is 2.61. The van der Waals surface area contributed by atoms with E-state index in [9.17, 15) is 9.59 Å². The molecule has 1 aromatic rings. The van der Waals surface area contributed by atoms with Crippen molar-refractivity contribution < 1.29 is 14.7 Å². The number of nitrogens with one attached hydrogen (secondary N) is 1. The van der Waals surface area contributed by atoms with Crippen LogP contribution in [0.5, 0.6) is 0 Å². The summed E-state index contributed by atoms with van der Waals surface area (Å²) in [6, 6.07) is 5.18. The maximum Gasteiger partial charge on any atom is 0.307 e. The van der Waals surface area contributed by atoms with Gasteiger partial charge in [0.25, 0.3) is 0 Å². The Bertz CT molecular complexity index is 456. The Morgan fingerprint density at radius 3 is 2.53 bits per heavy atom. The molecule has 1 saturated carbocycles. The largest absolute Gasteiger partial charge is 0.481 e. The van der Waals surface area contributed by atoms with Crippen molar-refractivity contribution in [2.24, 2.45) is 17.3 Å². The van der Waals surface area contributed by atoms with E-state index in [0.717, 1.165) is 0 Å². The fourth-order valence-corrected chi connectivity index (χ4v) is 2.23. The highest BCUT2D eigenvalue weighted by Crippen LogP contribution is 2.58. The number of carboxylic acid groups (broad SMARTS) is 1. The molecule has 0 spiro atoms. The van der Waals surface area contributed by atoms with Crippen molar-refractivity contribution in [1.82, 2.24) is 4.98 Å². The first-order valence-electron chi connectivity index (χ1n) is 5.39. The van der Waals surface area contributed by atoms with E-state index in [1.54, 1.807) is 38.2 Å². The number of amides is 1. The summed E-state index contributed by atoms with van der Waals surface area (Å²) in [5.41, 5.74) is -0.481. The predicted octanol–water partition coefficient (Wildman–Crippen LogP) is 1.38. The molecule has 0 aromatic carbocycles. The number of aromatic nitrogens is 1. The molecule has 1 amide bonds. The number of carbonyl (C=O) groups is 2. The summed E-state index contributed by atoms with van der Waals surface area (Å²) in [6.45, 7) is 3.57. The highest BCUT2D eigenvalue weighted by Gasteiger charge is 2.65. The second kappa shape index (κ2) is 3.84. The van der Waals surface area contributed by atoms with E-state index in [1.807, 2.05) is 0 Å². The molecule has 5 heteroatoms. The minimum atomic E-state index is -0.920. The summed E-state index contributed by atoms with van der Waals surface area (Å²) in [4.78, 5) is 26.8. The Labute approximate surface area is 98.9 Å². The van der Waals surface area contributed by atoms with Gasteiger partial charge in [-0.2, -0.15) is 0 Å². The lowest BCUT2D eigenvalue weighted by atomic mass is 10.1. The van der Waals surface area contributed by atoms with Gasteiger partial charge in [0.15, 0.2) is 0 Å². The van der Waals surface area contributed by atoms with Gasteiger partial charge < -0.3 is 10.4 Å². The van der Waals surface area contributed by atoms with Crippen LogP contribution in [0.25, 0.3) is 0 Å². The van der Waals surface area contributed by atoms with E-state index in [2.05, 4.69) is 10.3 Å². The average molecular weight is 234 g/mol. The number of rotatable bonds is 3. The van der Waals surface area contributed by atoms with Crippen molar-refractivity contribution in [2.45, 2.75) is 13.8 Å². The van der Waals surface area contributed by atoms with Gasteiger partial charge in [0.2, 0.25) is 5.91 Å². The normalized spacial score (nSPS) is 25.1. The highest BCUT2D eigenvalue weighted by atomic mass is 16.4. The van der Waals surface area contributed by atoms with Gasteiger partial charge in [-0.05, 0) is 17.5 Å². The maximum atomic E-state index is 11.9. The van der Waals surface area contributed by atoms with E-state index in [-0.39, 0.29) is 5.91 Å². The van der Waals surface area contributed by atoms with Crippen LogP contribution in [-0.2, 0) is 9.59 Å². The van der Waals surface area contributed by atoms with Crippen molar-refractivity contribution in [1.29, 1.82) is 0 Å². The molecule has 90 valence electrons. The lowest BCUT2D eigenvalue weighted by Gasteiger charge is -2.04. The zero-order valence-electron chi connectivity index (χ0n) is 9.68. The lowest BCUT2D eigenvalue weighted by molar-refractivity contribution is -0.140. The highest BCUT2D eigenvalue weighted by molar-refractivity contribution is 5.99. The fraction of sp³-hybridized carbons (Fsp3) is 0.417. The zero-order chi connectivity index (χ0) is 12.6. The monoisotopic (exact) mass is 234 g/mol. The van der Waals surface area contributed by atoms with Crippen molar-refractivity contribution in [2.75, 3.05) is 5.32 Å². The Morgan fingerprint density at radius 2 is 2.06 bits per heavy atom. The topological polar surface area (TPSA) is 79.3 Å². The van der Waals surface area contributed by atoms with Crippen LogP contribution < -0.4 is 5.32 Å². The Balaban J connectivity index is 2.06. The summed E-state index contributed by atoms with van der Waals surface area (Å²) in [5.74, 6) is -1.84. The molecule has 1 fully saturated rings. The number of carbonyl (C=O) groups excluding carboxylic acids is 1. The summed E-state index contributed by atoms with van der Waals surface area (Å²) in [5, 5.41) is 11.6. The molecule has 0 unspecified atom stereocenters. The van der Waals surface area contributed by atoms with Crippen molar-refractivity contribution in [3.05, 3.63) is 24.4 Å². The number of nitrogens with zero attached hydrogens (tertiary/aromatic N) is 1. The molecule has 17 heavy (non-hydrogen) atoms. The van der Waals surface area contributed by atoms with Gasteiger partial charge in [-0.15, -0.1) is 0 Å². The van der Waals surface area contributed by atoms with Gasteiger partial charge in [-0.1, -0.05) is 19.9 Å². The van der Waals surface area contributed by atoms with Crippen LogP contribution in [0, 0.1) is 17.3 Å². The zero-order valence-corrected chi connectivity index (χ0v) is 9.68. The molecule has 1 heterocycles. The quantitative estimate of drug-likeness (QED) is 0.828. The molecule has 2 rings (SSSR count). The van der Waals surface area contributed by atoms with E-state index < -0.39 is 23.2 Å². The van der Waals surface area contributed by atoms with E-state index in [0.29, 0.717) is 5.82 Å². The molecular formula is C12H14N2O3. The first kappa shape index (κ1) is 11.6. The minimum absolute atomic E-state index is 0.277. The van der Waals surface area contributed by atoms with E-state index in [1.165, 1.54) is 0 Å². The molecular weight excluding hydrogens is 220 g/mol.